The summed E-state index contributed by atoms with van der Waals surface area (Å²) in [5.41, 5.74) is 2.29. The highest BCUT2D eigenvalue weighted by atomic mass is 16.2. The van der Waals surface area contributed by atoms with Gasteiger partial charge in [0.2, 0.25) is 0 Å². The third-order valence-electron chi connectivity index (χ3n) is 4.72. The highest BCUT2D eigenvalue weighted by molar-refractivity contribution is 5.97. The van der Waals surface area contributed by atoms with E-state index in [1.165, 1.54) is 0 Å². The van der Waals surface area contributed by atoms with Gasteiger partial charge in [0.05, 0.1) is 11.7 Å². The maximum Gasteiger partial charge on any atom is 0.287 e. The second-order valence-corrected chi connectivity index (χ2v) is 6.70. The maximum absolute atomic E-state index is 12.8. The first-order valence-electron chi connectivity index (χ1n) is 9.35. The van der Waals surface area contributed by atoms with Crippen molar-refractivity contribution in [2.24, 2.45) is 0 Å². The zero-order valence-corrected chi connectivity index (χ0v) is 15.4. The number of carbonyl (C=O) groups is 2. The van der Waals surface area contributed by atoms with Crippen LogP contribution in [0.4, 0.5) is 0 Å². The number of hydrogen-bond acceptors (Lipinski definition) is 3. The molecule has 1 atom stereocenters. The highest BCUT2D eigenvalue weighted by Gasteiger charge is 2.27. The molecule has 1 unspecified atom stereocenters. The Kier molecular flexibility index (Phi) is 5.71. The number of benzene rings is 1. The first-order valence-corrected chi connectivity index (χ1v) is 9.35. The van der Waals surface area contributed by atoms with Gasteiger partial charge in [0.25, 0.3) is 11.8 Å². The number of aromatic nitrogens is 2. The number of amides is 2. The minimum Gasteiger partial charge on any atom is -0.349 e. The fourth-order valence-electron chi connectivity index (χ4n) is 3.31. The molecule has 1 aromatic carbocycles. The van der Waals surface area contributed by atoms with Crippen molar-refractivity contribution in [1.29, 1.82) is 0 Å². The largest absolute Gasteiger partial charge is 0.349 e. The van der Waals surface area contributed by atoms with Crippen LogP contribution in [-0.2, 0) is 13.0 Å². The Bertz CT molecular complexity index is 783. The van der Waals surface area contributed by atoms with Gasteiger partial charge in [0, 0.05) is 13.1 Å². The summed E-state index contributed by atoms with van der Waals surface area (Å²) in [6.45, 7) is 5.29. The zero-order chi connectivity index (χ0) is 18.5. The molecule has 2 aromatic rings. The molecular weight excluding hydrogens is 328 g/mol. The van der Waals surface area contributed by atoms with Crippen LogP contribution < -0.4 is 10.6 Å². The molecular formula is C20H26N4O2. The van der Waals surface area contributed by atoms with E-state index in [1.807, 2.05) is 48.7 Å². The second kappa shape index (κ2) is 8.17. The quantitative estimate of drug-likeness (QED) is 0.837. The normalized spacial score (nSPS) is 14.4. The first kappa shape index (κ1) is 18.2. The van der Waals surface area contributed by atoms with Crippen molar-refractivity contribution in [2.45, 2.75) is 52.1 Å². The van der Waals surface area contributed by atoms with Gasteiger partial charge in [0.15, 0.2) is 5.82 Å². The van der Waals surface area contributed by atoms with Gasteiger partial charge in [-0.15, -0.1) is 0 Å². The number of hydrogen-bond donors (Lipinski definition) is 2. The van der Waals surface area contributed by atoms with Crippen molar-refractivity contribution in [1.82, 2.24) is 20.2 Å². The van der Waals surface area contributed by atoms with Crippen LogP contribution in [0.5, 0.6) is 0 Å². The van der Waals surface area contributed by atoms with Gasteiger partial charge in [-0.05, 0) is 38.2 Å². The monoisotopic (exact) mass is 354 g/mol. The molecule has 1 aliphatic heterocycles. The van der Waals surface area contributed by atoms with Crippen molar-refractivity contribution >= 4 is 11.8 Å². The summed E-state index contributed by atoms with van der Waals surface area (Å²) in [6.07, 6.45) is 3.65. The summed E-state index contributed by atoms with van der Waals surface area (Å²) < 4.78 is 1.91. The molecule has 0 radical (unpaired) electrons. The SMILES string of the molecule is CCCNC(=O)c1nc(C(=O)NC(C)c2ccccc2)c2n1CCCC2. The van der Waals surface area contributed by atoms with E-state index in [9.17, 15) is 9.59 Å². The Morgan fingerprint density at radius 3 is 2.69 bits per heavy atom. The standard InChI is InChI=1S/C20H26N4O2/c1-3-12-21-20(26)18-23-17(16-11-7-8-13-24(16)18)19(25)22-14(2)15-9-5-4-6-10-15/h4-6,9-10,14H,3,7-8,11-13H2,1-2H3,(H,21,26)(H,22,25). The third kappa shape index (κ3) is 3.79. The van der Waals surface area contributed by atoms with Gasteiger partial charge in [0.1, 0.15) is 5.69 Å². The van der Waals surface area contributed by atoms with Crippen LogP contribution in [0.1, 0.15) is 71.5 Å². The minimum absolute atomic E-state index is 0.123. The number of nitrogens with zero attached hydrogens (tertiary/aromatic N) is 2. The smallest absolute Gasteiger partial charge is 0.287 e. The van der Waals surface area contributed by atoms with E-state index < -0.39 is 0 Å². The van der Waals surface area contributed by atoms with Crippen LogP contribution in [0.25, 0.3) is 0 Å². The Labute approximate surface area is 154 Å². The first-order chi connectivity index (χ1) is 12.6. The lowest BCUT2D eigenvalue weighted by molar-refractivity contribution is 0.0933. The summed E-state index contributed by atoms with van der Waals surface area (Å²) in [5, 5.41) is 5.88. The Morgan fingerprint density at radius 1 is 1.19 bits per heavy atom. The Balaban J connectivity index is 1.83. The molecule has 6 heteroatoms. The predicted octanol–water partition coefficient (Wildman–Crippen LogP) is 2.85. The lowest BCUT2D eigenvalue weighted by Gasteiger charge is -2.18. The number of rotatable bonds is 6. The average Bonchev–Trinajstić information content (AvgIpc) is 3.06. The van der Waals surface area contributed by atoms with E-state index in [-0.39, 0.29) is 17.9 Å². The number of imidazole rings is 1. The van der Waals surface area contributed by atoms with E-state index in [0.717, 1.165) is 43.5 Å². The number of nitrogens with one attached hydrogen (secondary N) is 2. The molecule has 0 saturated carbocycles. The summed E-state index contributed by atoms with van der Waals surface area (Å²) in [6, 6.07) is 9.70. The van der Waals surface area contributed by atoms with Crippen molar-refractivity contribution in [2.75, 3.05) is 6.54 Å². The average molecular weight is 354 g/mol. The molecule has 26 heavy (non-hydrogen) atoms. The summed E-state index contributed by atoms with van der Waals surface area (Å²) in [4.78, 5) is 29.7. The van der Waals surface area contributed by atoms with Crippen LogP contribution in [0.15, 0.2) is 30.3 Å². The van der Waals surface area contributed by atoms with E-state index >= 15 is 0 Å². The molecule has 0 aliphatic carbocycles. The van der Waals surface area contributed by atoms with Gasteiger partial charge in [-0.25, -0.2) is 4.98 Å². The van der Waals surface area contributed by atoms with E-state index in [0.29, 0.717) is 18.1 Å². The molecule has 0 spiro atoms. The van der Waals surface area contributed by atoms with Gasteiger partial charge in [-0.2, -0.15) is 0 Å². The molecule has 2 amide bonds. The molecule has 0 saturated heterocycles. The Morgan fingerprint density at radius 2 is 1.96 bits per heavy atom. The fourth-order valence-corrected chi connectivity index (χ4v) is 3.31. The van der Waals surface area contributed by atoms with E-state index in [2.05, 4.69) is 15.6 Å². The topological polar surface area (TPSA) is 76.0 Å². The molecule has 138 valence electrons. The zero-order valence-electron chi connectivity index (χ0n) is 15.4. The number of fused-ring (bicyclic) bond motifs is 1. The molecule has 6 nitrogen and oxygen atoms in total. The lowest BCUT2D eigenvalue weighted by Crippen LogP contribution is -2.28. The third-order valence-corrected chi connectivity index (χ3v) is 4.72. The molecule has 0 fully saturated rings. The molecule has 1 aromatic heterocycles. The maximum atomic E-state index is 12.8. The number of carbonyl (C=O) groups excluding carboxylic acids is 2. The van der Waals surface area contributed by atoms with Crippen molar-refractivity contribution in [3.63, 3.8) is 0 Å². The summed E-state index contributed by atoms with van der Waals surface area (Å²) >= 11 is 0. The van der Waals surface area contributed by atoms with Gasteiger partial charge in [-0.1, -0.05) is 37.3 Å². The van der Waals surface area contributed by atoms with Crippen LogP contribution in [0, 0.1) is 0 Å². The predicted molar refractivity (Wildman–Crippen MR) is 100 cm³/mol. The molecule has 0 bridgehead atoms. The van der Waals surface area contributed by atoms with E-state index in [4.69, 9.17) is 0 Å². The van der Waals surface area contributed by atoms with Crippen LogP contribution in [0.3, 0.4) is 0 Å². The van der Waals surface area contributed by atoms with Gasteiger partial charge in [-0.3, -0.25) is 9.59 Å². The molecule has 2 N–H and O–H groups in total. The summed E-state index contributed by atoms with van der Waals surface area (Å²) in [5.74, 6) is -0.0719. The molecule has 3 rings (SSSR count). The van der Waals surface area contributed by atoms with Crippen molar-refractivity contribution in [3.05, 3.63) is 53.1 Å². The minimum atomic E-state index is -0.221. The lowest BCUT2D eigenvalue weighted by atomic mass is 10.1. The molecule has 2 heterocycles. The van der Waals surface area contributed by atoms with Crippen LogP contribution >= 0.6 is 0 Å². The highest BCUT2D eigenvalue weighted by Crippen LogP contribution is 2.22. The fraction of sp³-hybridized carbons (Fsp3) is 0.450. The Hall–Kier alpha value is -2.63. The summed E-state index contributed by atoms with van der Waals surface area (Å²) in [7, 11) is 0. The van der Waals surface area contributed by atoms with Gasteiger partial charge >= 0.3 is 0 Å². The molecule has 1 aliphatic rings. The van der Waals surface area contributed by atoms with Gasteiger partial charge < -0.3 is 15.2 Å². The van der Waals surface area contributed by atoms with Crippen molar-refractivity contribution in [3.8, 4) is 0 Å². The van der Waals surface area contributed by atoms with E-state index in [1.54, 1.807) is 0 Å². The second-order valence-electron chi connectivity index (χ2n) is 6.70. The van der Waals surface area contributed by atoms with Crippen LogP contribution in [0.2, 0.25) is 0 Å². The van der Waals surface area contributed by atoms with Crippen LogP contribution in [-0.4, -0.2) is 27.9 Å². The van der Waals surface area contributed by atoms with Crippen molar-refractivity contribution < 1.29 is 9.59 Å².